The fourth-order valence-electron chi connectivity index (χ4n) is 8.64. The third-order valence-corrected chi connectivity index (χ3v) is 48.6. The van der Waals surface area contributed by atoms with Crippen LogP contribution in [0.5, 0.6) is 0 Å². The van der Waals surface area contributed by atoms with E-state index < -0.39 is 90.2 Å². The van der Waals surface area contributed by atoms with Gasteiger partial charge in [-0.2, -0.15) is 0 Å². The molecule has 0 spiro atoms. The van der Waals surface area contributed by atoms with Crippen LogP contribution in [0.2, 0.25) is 155 Å². The van der Waals surface area contributed by atoms with Gasteiger partial charge in [-0.1, -0.05) is 46.0 Å². The van der Waals surface area contributed by atoms with Crippen molar-refractivity contribution in [1.82, 2.24) is 0 Å². The Balaban J connectivity index is 4.95. The minimum Gasteiger partial charge on any atom is -0.436 e. The molecule has 0 bridgehead atoms. The van der Waals surface area contributed by atoms with Crippen LogP contribution in [0.1, 0.15) is 58.8 Å². The van der Waals surface area contributed by atoms with Gasteiger partial charge in [0.1, 0.15) is 5.60 Å². The number of hydrogen-bond acceptors (Lipinski definition) is 12. The molecule has 0 radical (unpaired) electrons. The molecule has 61 heavy (non-hydrogen) atoms. The van der Waals surface area contributed by atoms with Gasteiger partial charge in [0.2, 0.25) is 0 Å². The maximum absolute atomic E-state index is 10.3. The quantitative estimate of drug-likeness (QED) is 0.0457. The molecule has 0 saturated carbocycles. The highest BCUT2D eigenvalue weighted by molar-refractivity contribution is 6.92. The lowest BCUT2D eigenvalue weighted by Gasteiger charge is -2.42. The first-order chi connectivity index (χ1) is 27.3. The smallest absolute Gasteiger partial charge is 0.314 e. The van der Waals surface area contributed by atoms with Gasteiger partial charge < -0.3 is 52.6 Å². The van der Waals surface area contributed by atoms with Gasteiger partial charge in [-0.3, -0.25) is 0 Å². The molecule has 0 aliphatic carbocycles. The summed E-state index contributed by atoms with van der Waals surface area (Å²) in [5.74, 6) is 0. The van der Waals surface area contributed by atoms with Crippen molar-refractivity contribution in [2.24, 2.45) is 0 Å². The van der Waals surface area contributed by atoms with Gasteiger partial charge in [-0.15, -0.1) is 0 Å². The monoisotopic (exact) mass is 1040 g/mol. The minimum atomic E-state index is -2.52. The average molecular weight is 1040 g/mol. The highest BCUT2D eigenvalue weighted by Gasteiger charge is 2.47. The van der Waals surface area contributed by atoms with Crippen LogP contribution in [0, 0.1) is 0 Å². The summed E-state index contributed by atoms with van der Waals surface area (Å²) in [6.07, 6.45) is 7.26. The van der Waals surface area contributed by atoms with Crippen molar-refractivity contribution >= 4 is 84.6 Å². The molecule has 12 nitrogen and oxygen atoms in total. The van der Waals surface area contributed by atoms with Crippen LogP contribution >= 0.6 is 0 Å². The Labute approximate surface area is 387 Å². The first kappa shape index (κ1) is 62.7. The Hall–Kier alpha value is 1.69. The number of ether oxygens (including phenoxy) is 2. The van der Waals surface area contributed by atoms with Crippen molar-refractivity contribution in [1.29, 1.82) is 0 Å². The summed E-state index contributed by atoms with van der Waals surface area (Å²) in [5.41, 5.74) is -1.15. The Morgan fingerprint density at radius 3 is 0.918 bits per heavy atom. The molecule has 368 valence electrons. The van der Waals surface area contributed by atoms with Gasteiger partial charge >= 0.3 is 51.4 Å². The molecular formula is C39H100O12Si10. The van der Waals surface area contributed by atoms with Crippen LogP contribution in [0.25, 0.3) is 0 Å². The molecule has 2 N–H and O–H groups in total. The second-order valence-electron chi connectivity index (χ2n) is 22.4. The number of rotatable bonds is 36. The summed E-state index contributed by atoms with van der Waals surface area (Å²) in [6.45, 7) is 48.6. The first-order valence-electron chi connectivity index (χ1n) is 23.4. The number of aliphatic hydroxyl groups is 2. The summed E-state index contributed by atoms with van der Waals surface area (Å²) < 4.78 is 66.3. The van der Waals surface area contributed by atoms with Crippen molar-refractivity contribution in [3.8, 4) is 0 Å². The largest absolute Gasteiger partial charge is 0.436 e. The van der Waals surface area contributed by atoms with E-state index in [2.05, 4.69) is 145 Å². The van der Waals surface area contributed by atoms with E-state index >= 15 is 0 Å². The van der Waals surface area contributed by atoms with E-state index in [9.17, 15) is 10.2 Å². The van der Waals surface area contributed by atoms with E-state index in [-0.39, 0.29) is 19.8 Å². The molecule has 0 atom stereocenters. The highest BCUT2D eigenvalue weighted by atomic mass is 28.5. The number of unbranched alkanes of at least 4 members (excludes halogenated alkanes) is 3. The lowest BCUT2D eigenvalue weighted by Crippen LogP contribution is -2.58. The predicted octanol–water partition coefficient (Wildman–Crippen LogP) is 11.7. The molecule has 0 aromatic carbocycles. The third-order valence-electron chi connectivity index (χ3n) is 9.91. The summed E-state index contributed by atoms with van der Waals surface area (Å²) in [4.78, 5) is 0. The highest BCUT2D eigenvalue weighted by Crippen LogP contribution is 2.31. The fraction of sp³-hybridized carbons (Fsp3) is 1.00. The molecule has 0 rings (SSSR count). The maximum atomic E-state index is 10.3. The van der Waals surface area contributed by atoms with Crippen LogP contribution in [-0.2, 0) is 42.4 Å². The lowest BCUT2D eigenvalue weighted by molar-refractivity contribution is -0.146. The molecule has 0 heterocycles. The van der Waals surface area contributed by atoms with E-state index in [0.29, 0.717) is 13.2 Å². The molecule has 0 aromatic heterocycles. The van der Waals surface area contributed by atoms with Crippen molar-refractivity contribution < 1.29 is 52.6 Å². The van der Waals surface area contributed by atoms with Crippen LogP contribution in [-0.4, -0.2) is 133 Å². The average Bonchev–Trinajstić information content (AvgIpc) is 3.00. The van der Waals surface area contributed by atoms with Crippen molar-refractivity contribution in [2.45, 2.75) is 220 Å². The van der Waals surface area contributed by atoms with Gasteiger partial charge in [0.05, 0.1) is 19.8 Å². The van der Waals surface area contributed by atoms with Crippen LogP contribution in [0.3, 0.4) is 0 Å². The molecule has 0 fully saturated rings. The lowest BCUT2D eigenvalue weighted by atomic mass is 10.1. The van der Waals surface area contributed by atoms with E-state index in [1.165, 1.54) is 25.7 Å². The Morgan fingerprint density at radius 2 is 0.623 bits per heavy atom. The molecule has 0 aromatic rings. The molecule has 22 heteroatoms. The van der Waals surface area contributed by atoms with Gasteiger partial charge in [0.15, 0.2) is 33.3 Å². The molecule has 0 aliphatic rings. The SMILES string of the molecule is CCCC[Si](C)(C)O[Si](C)(C)O[Si](C)(C)O[Si](C)(C)O[Si](C)(C)CCCCOC(CO)(CO)COCCC[Si](C)(C)O[Si](C)(C)O[Si](C)(C)O[Si](C)(C)O[Si](C)(C)CCCC. The third kappa shape index (κ3) is 29.9. The minimum absolute atomic E-state index is 0.120. The zero-order valence-electron chi connectivity index (χ0n) is 43.8. The molecule has 0 aliphatic heterocycles. The van der Waals surface area contributed by atoms with Crippen molar-refractivity contribution in [3.63, 3.8) is 0 Å². The number of aliphatic hydroxyl groups excluding tert-OH is 2. The van der Waals surface area contributed by atoms with E-state index in [1.807, 2.05) is 0 Å². The van der Waals surface area contributed by atoms with Gasteiger partial charge in [0, 0.05) is 13.2 Å². The van der Waals surface area contributed by atoms with Gasteiger partial charge in [0.25, 0.3) is 0 Å². The van der Waals surface area contributed by atoms with Crippen LogP contribution < -0.4 is 0 Å². The summed E-state index contributed by atoms with van der Waals surface area (Å²) >= 11 is 0. The van der Waals surface area contributed by atoms with Gasteiger partial charge in [-0.05, 0) is 168 Å². The summed E-state index contributed by atoms with van der Waals surface area (Å²) in [5, 5.41) is 20.6. The molecule has 0 amide bonds. The summed E-state index contributed by atoms with van der Waals surface area (Å²) in [6, 6.07) is 4.14. The normalized spacial score (nSPS) is 15.0. The molecular weight excluding hydrogens is 941 g/mol. The second-order valence-corrected chi connectivity index (χ2v) is 61.8. The Kier molecular flexibility index (Phi) is 26.6. The predicted molar refractivity (Wildman–Crippen MR) is 280 cm³/mol. The first-order valence-corrected chi connectivity index (χ1v) is 52.7. The Morgan fingerprint density at radius 1 is 0.344 bits per heavy atom. The zero-order valence-corrected chi connectivity index (χ0v) is 53.8. The van der Waals surface area contributed by atoms with Crippen molar-refractivity contribution in [3.05, 3.63) is 0 Å². The van der Waals surface area contributed by atoms with Gasteiger partial charge in [-0.25, -0.2) is 0 Å². The molecule has 0 unspecified atom stereocenters. The number of hydrogen-bond donors (Lipinski definition) is 2. The van der Waals surface area contributed by atoms with Crippen molar-refractivity contribution in [2.75, 3.05) is 33.0 Å². The Bertz CT molecular complexity index is 1150. The summed E-state index contributed by atoms with van der Waals surface area (Å²) in [7, 11) is -22.5. The van der Waals surface area contributed by atoms with E-state index in [1.54, 1.807) is 0 Å². The molecule has 0 saturated heterocycles. The zero-order chi connectivity index (χ0) is 47.9. The van der Waals surface area contributed by atoms with E-state index in [0.717, 1.165) is 43.4 Å². The van der Waals surface area contributed by atoms with Crippen LogP contribution in [0.4, 0.5) is 0 Å². The van der Waals surface area contributed by atoms with Crippen LogP contribution in [0.15, 0.2) is 0 Å². The maximum Gasteiger partial charge on any atom is 0.314 e. The topological polar surface area (TPSA) is 133 Å². The standard InChI is InChI=1S/C39H100O12Si10/c1-23-25-32-52(3,4)44-56(11,12)48-60(19,20)50-58(15,16)46-54(7,8)34-28-27-31-43-39(36-40,37-41)38-42-30-29-35-55(9,10)47-59(17,18)51-61(21,22)49-57(13,14)45-53(5,6)33-26-24-2/h40-41H,23-38H2,1-22H3. The van der Waals surface area contributed by atoms with E-state index in [4.69, 9.17) is 42.4 Å². The second kappa shape index (κ2) is 25.9. The fourth-order valence-corrected chi connectivity index (χ4v) is 58.3.